The van der Waals surface area contributed by atoms with E-state index in [4.69, 9.17) is 5.73 Å². The zero-order valence-electron chi connectivity index (χ0n) is 11.1. The number of thiophene rings is 1. The van der Waals surface area contributed by atoms with Crippen LogP contribution < -0.4 is 16.4 Å². The quantitative estimate of drug-likeness (QED) is 0.793. The molecule has 1 aliphatic rings. The first-order chi connectivity index (χ1) is 9.63. The summed E-state index contributed by atoms with van der Waals surface area (Å²) in [6, 6.07) is 4.49. The lowest BCUT2D eigenvalue weighted by atomic mass is 10.3. The number of nitrogens with one attached hydrogen (secondary N) is 2. The van der Waals surface area contributed by atoms with Gasteiger partial charge in [0.1, 0.15) is 10.6 Å². The molecule has 20 heavy (non-hydrogen) atoms. The van der Waals surface area contributed by atoms with Gasteiger partial charge in [0.15, 0.2) is 5.82 Å². The van der Waals surface area contributed by atoms with Crippen molar-refractivity contribution in [3.8, 4) is 0 Å². The Hall–Kier alpha value is -1.60. The van der Waals surface area contributed by atoms with Crippen LogP contribution in [0.3, 0.4) is 0 Å². The normalized spacial score (nSPS) is 14.2. The summed E-state index contributed by atoms with van der Waals surface area (Å²) in [4.78, 5) is 14.7. The highest BCUT2D eigenvalue weighted by molar-refractivity contribution is 7.12. The smallest absolute Gasteiger partial charge is 0.258 e. The molecule has 2 heterocycles. The van der Waals surface area contributed by atoms with Gasteiger partial charge in [-0.05, 0) is 43.4 Å². The summed E-state index contributed by atoms with van der Waals surface area (Å²) in [6.07, 6.45) is 2.11. The number of rotatable bonds is 5. The van der Waals surface area contributed by atoms with Crippen LogP contribution in [0.15, 0.2) is 12.1 Å². The molecule has 0 atom stereocenters. The minimum absolute atomic E-state index is 0.122. The van der Waals surface area contributed by atoms with Crippen LogP contribution in [0.25, 0.3) is 0 Å². The van der Waals surface area contributed by atoms with E-state index in [2.05, 4.69) is 34.1 Å². The lowest BCUT2D eigenvalue weighted by molar-refractivity contribution is 0.0953. The molecule has 0 unspecified atom stereocenters. The maximum atomic E-state index is 12.2. The summed E-state index contributed by atoms with van der Waals surface area (Å²) in [5.74, 6) is 0.182. The van der Waals surface area contributed by atoms with Gasteiger partial charge in [-0.1, -0.05) is 0 Å². The molecule has 2 aromatic heterocycles. The third kappa shape index (κ3) is 2.94. The fourth-order valence-electron chi connectivity index (χ4n) is 1.88. The molecular formula is C13H16N4OS2. The minimum atomic E-state index is -0.122. The van der Waals surface area contributed by atoms with Gasteiger partial charge in [0.05, 0.1) is 6.54 Å². The van der Waals surface area contributed by atoms with Crippen LogP contribution in [-0.4, -0.2) is 16.3 Å². The second-order valence-electron chi connectivity index (χ2n) is 4.89. The number of nitrogens with two attached hydrogens (primary N) is 1. The van der Waals surface area contributed by atoms with Crippen molar-refractivity contribution in [2.24, 2.45) is 0 Å². The second-order valence-corrected chi connectivity index (χ2v) is 7.03. The highest BCUT2D eigenvalue weighted by Crippen LogP contribution is 2.29. The van der Waals surface area contributed by atoms with Crippen LogP contribution in [0.1, 0.15) is 33.0 Å². The van der Waals surface area contributed by atoms with Crippen molar-refractivity contribution >= 4 is 39.6 Å². The van der Waals surface area contributed by atoms with Crippen LogP contribution >= 0.6 is 22.9 Å². The number of hydrogen-bond acceptors (Lipinski definition) is 6. The summed E-state index contributed by atoms with van der Waals surface area (Å²) >= 11 is 2.97. The Morgan fingerprint density at radius 2 is 2.30 bits per heavy atom. The first-order valence-corrected chi connectivity index (χ1v) is 8.07. The molecule has 0 radical (unpaired) electrons. The molecule has 0 aliphatic heterocycles. The molecule has 1 fully saturated rings. The Bertz CT molecular complexity index is 630. The predicted molar refractivity (Wildman–Crippen MR) is 83.4 cm³/mol. The Labute approximate surface area is 125 Å². The molecular weight excluding hydrogens is 292 g/mol. The molecule has 0 saturated heterocycles. The van der Waals surface area contributed by atoms with Gasteiger partial charge < -0.3 is 16.4 Å². The molecule has 1 saturated carbocycles. The van der Waals surface area contributed by atoms with Crippen LogP contribution in [0.4, 0.5) is 10.8 Å². The summed E-state index contributed by atoms with van der Waals surface area (Å²) in [7, 11) is 0. The first kappa shape index (κ1) is 13.4. The molecule has 2 aromatic rings. The third-order valence-corrected chi connectivity index (χ3v) is 4.90. The summed E-state index contributed by atoms with van der Waals surface area (Å²) in [5, 5.41) is 6.96. The number of carbonyl (C=O) groups is 1. The monoisotopic (exact) mass is 308 g/mol. The maximum Gasteiger partial charge on any atom is 0.258 e. The van der Waals surface area contributed by atoms with E-state index in [0.29, 0.717) is 24.0 Å². The van der Waals surface area contributed by atoms with Crippen molar-refractivity contribution in [3.63, 3.8) is 0 Å². The summed E-state index contributed by atoms with van der Waals surface area (Å²) < 4.78 is 4.08. The number of nitrogens with zero attached hydrogens (tertiary/aromatic N) is 1. The Morgan fingerprint density at radius 3 is 2.95 bits per heavy atom. The maximum absolute atomic E-state index is 12.2. The summed E-state index contributed by atoms with van der Waals surface area (Å²) in [6.45, 7) is 2.76. The number of nitrogen functional groups attached to an aromatic ring is 1. The minimum Gasteiger partial charge on any atom is -0.382 e. The molecule has 0 spiro atoms. The van der Waals surface area contributed by atoms with Gasteiger partial charge in [0, 0.05) is 15.8 Å². The van der Waals surface area contributed by atoms with Crippen molar-refractivity contribution in [2.75, 3.05) is 11.1 Å². The van der Waals surface area contributed by atoms with E-state index in [1.165, 1.54) is 21.3 Å². The predicted octanol–water partition coefficient (Wildman–Crippen LogP) is 2.60. The molecule has 0 bridgehead atoms. The number of hydrogen-bond donors (Lipinski definition) is 3. The molecule has 5 nitrogen and oxygen atoms in total. The largest absolute Gasteiger partial charge is 0.382 e. The van der Waals surface area contributed by atoms with Gasteiger partial charge in [-0.25, -0.2) is 0 Å². The molecule has 7 heteroatoms. The zero-order valence-corrected chi connectivity index (χ0v) is 12.7. The summed E-state index contributed by atoms with van der Waals surface area (Å²) in [5.41, 5.74) is 6.29. The lowest BCUT2D eigenvalue weighted by Gasteiger charge is -2.06. The number of amides is 1. The molecule has 0 aromatic carbocycles. The molecule has 1 amide bonds. The van der Waals surface area contributed by atoms with Crippen molar-refractivity contribution in [2.45, 2.75) is 32.4 Å². The number of aromatic nitrogens is 1. The van der Waals surface area contributed by atoms with E-state index in [1.54, 1.807) is 11.3 Å². The van der Waals surface area contributed by atoms with Crippen molar-refractivity contribution < 1.29 is 4.79 Å². The van der Waals surface area contributed by atoms with Crippen molar-refractivity contribution in [1.29, 1.82) is 0 Å². The van der Waals surface area contributed by atoms with E-state index >= 15 is 0 Å². The van der Waals surface area contributed by atoms with Crippen molar-refractivity contribution in [3.05, 3.63) is 27.5 Å². The van der Waals surface area contributed by atoms with Crippen LogP contribution in [0.5, 0.6) is 0 Å². The van der Waals surface area contributed by atoms with Crippen LogP contribution in [-0.2, 0) is 6.54 Å². The Morgan fingerprint density at radius 1 is 1.50 bits per heavy atom. The highest BCUT2D eigenvalue weighted by atomic mass is 32.1. The second kappa shape index (κ2) is 5.41. The van der Waals surface area contributed by atoms with Crippen molar-refractivity contribution in [1.82, 2.24) is 9.69 Å². The number of aryl methyl sites for hydroxylation is 1. The van der Waals surface area contributed by atoms with Gasteiger partial charge in [0.2, 0.25) is 0 Å². The van der Waals surface area contributed by atoms with E-state index in [-0.39, 0.29) is 5.91 Å². The SMILES string of the molecule is Cc1ccc(CNc2snc(N)c2C(=O)NC2CC2)s1. The Kier molecular flexibility index (Phi) is 3.62. The van der Waals surface area contributed by atoms with E-state index < -0.39 is 0 Å². The van der Waals surface area contributed by atoms with E-state index in [0.717, 1.165) is 17.8 Å². The average Bonchev–Trinajstić information content (AvgIpc) is 2.99. The fraction of sp³-hybridized carbons (Fsp3) is 0.385. The Balaban J connectivity index is 1.70. The standard InChI is InChI=1S/C13H16N4OS2/c1-7-2-5-9(19-7)6-15-13-10(11(14)17-20-13)12(18)16-8-3-4-8/h2,5,8,15H,3-4,6H2,1H3,(H2,14,17)(H,16,18). The third-order valence-electron chi connectivity index (χ3n) is 3.08. The highest BCUT2D eigenvalue weighted by Gasteiger charge is 2.27. The molecule has 3 rings (SSSR count). The zero-order chi connectivity index (χ0) is 14.1. The first-order valence-electron chi connectivity index (χ1n) is 6.48. The van der Waals surface area contributed by atoms with E-state index in [1.807, 2.05) is 0 Å². The molecule has 1 aliphatic carbocycles. The molecule has 4 N–H and O–H groups in total. The average molecular weight is 308 g/mol. The number of carbonyl (C=O) groups excluding carboxylic acids is 1. The van der Waals surface area contributed by atoms with Gasteiger partial charge in [-0.2, -0.15) is 4.37 Å². The van der Waals surface area contributed by atoms with E-state index in [9.17, 15) is 4.79 Å². The molecule has 106 valence electrons. The number of anilines is 2. The van der Waals surface area contributed by atoms with Crippen LogP contribution in [0, 0.1) is 6.92 Å². The van der Waals surface area contributed by atoms with Crippen LogP contribution in [0.2, 0.25) is 0 Å². The topological polar surface area (TPSA) is 80.0 Å². The lowest BCUT2D eigenvalue weighted by Crippen LogP contribution is -2.26. The fourth-order valence-corrected chi connectivity index (χ4v) is 3.41. The van der Waals surface area contributed by atoms with Gasteiger partial charge >= 0.3 is 0 Å². The van der Waals surface area contributed by atoms with Gasteiger partial charge in [0.25, 0.3) is 5.91 Å². The van der Waals surface area contributed by atoms with Gasteiger partial charge in [-0.15, -0.1) is 11.3 Å². The van der Waals surface area contributed by atoms with Gasteiger partial charge in [-0.3, -0.25) is 4.79 Å².